The van der Waals surface area contributed by atoms with Crippen molar-refractivity contribution in [2.45, 2.75) is 44.8 Å². The number of likely N-dealkylation sites (tertiary alicyclic amines) is 1. The molecule has 2 aliphatic rings. The molecule has 6 heteroatoms. The van der Waals surface area contributed by atoms with E-state index in [-0.39, 0.29) is 36.0 Å². The summed E-state index contributed by atoms with van der Waals surface area (Å²) >= 11 is 0. The number of nitrogens with zero attached hydrogens (tertiary/aromatic N) is 1. The van der Waals surface area contributed by atoms with Crippen molar-refractivity contribution in [3.63, 3.8) is 0 Å². The lowest BCUT2D eigenvalue weighted by Crippen LogP contribution is -2.38. The smallest absolute Gasteiger partial charge is 0.410 e. The summed E-state index contributed by atoms with van der Waals surface area (Å²) in [4.78, 5) is 25.5. The first kappa shape index (κ1) is 16.8. The fourth-order valence-corrected chi connectivity index (χ4v) is 3.32. The van der Waals surface area contributed by atoms with Gasteiger partial charge in [-0.2, -0.15) is 0 Å². The van der Waals surface area contributed by atoms with Crippen molar-refractivity contribution in [3.05, 3.63) is 12.2 Å². The molecule has 1 saturated heterocycles. The van der Waals surface area contributed by atoms with E-state index in [0.717, 1.165) is 18.4 Å². The highest BCUT2D eigenvalue weighted by atomic mass is 16.6. The number of rotatable bonds is 3. The maximum Gasteiger partial charge on any atom is 0.410 e. The Balaban J connectivity index is 1.90. The third-order valence-electron chi connectivity index (χ3n) is 4.64. The summed E-state index contributed by atoms with van der Waals surface area (Å²) in [6.07, 6.45) is 2.35. The molecule has 0 bridgehead atoms. The van der Waals surface area contributed by atoms with Gasteiger partial charge in [-0.25, -0.2) is 4.79 Å². The normalized spacial score (nSPS) is 30.0. The molecular weight excluding hydrogens is 284 g/mol. The number of carbonyl (C=O) groups excluding carboxylic acids is 2. The minimum absolute atomic E-state index is 0.0426. The summed E-state index contributed by atoms with van der Waals surface area (Å²) in [7, 11) is 1.40. The molecule has 0 radical (unpaired) electrons. The number of hydrogen-bond acceptors (Lipinski definition) is 5. The lowest BCUT2D eigenvalue weighted by atomic mass is 9.77. The van der Waals surface area contributed by atoms with Gasteiger partial charge in [0, 0.05) is 25.0 Å². The van der Waals surface area contributed by atoms with Gasteiger partial charge in [0.15, 0.2) is 0 Å². The van der Waals surface area contributed by atoms with Crippen LogP contribution in [0.1, 0.15) is 32.6 Å². The zero-order chi connectivity index (χ0) is 16.3. The van der Waals surface area contributed by atoms with Gasteiger partial charge < -0.3 is 20.1 Å². The molecule has 2 fully saturated rings. The highest BCUT2D eigenvalue weighted by Gasteiger charge is 2.35. The standard InChI is InChI=1S/C16H26N2O4/c1-10-6-12(8-13(7-10)15(19)21-3)11(2)22-16(20)18-5-4-14(17)9-18/h11-14H,1,4-9,17H2,2-3H3. The van der Waals surface area contributed by atoms with Gasteiger partial charge >= 0.3 is 12.1 Å². The number of hydrogen-bond donors (Lipinski definition) is 1. The lowest BCUT2D eigenvalue weighted by molar-refractivity contribution is -0.146. The van der Waals surface area contributed by atoms with E-state index in [1.165, 1.54) is 7.11 Å². The number of methoxy groups -OCH3 is 1. The number of allylic oxidation sites excluding steroid dienone is 1. The zero-order valence-corrected chi connectivity index (χ0v) is 13.4. The fourth-order valence-electron chi connectivity index (χ4n) is 3.32. The van der Waals surface area contributed by atoms with Crippen molar-refractivity contribution in [1.29, 1.82) is 0 Å². The van der Waals surface area contributed by atoms with Crippen molar-refractivity contribution in [2.75, 3.05) is 20.2 Å². The summed E-state index contributed by atoms with van der Waals surface area (Å²) in [5.41, 5.74) is 6.82. The summed E-state index contributed by atoms with van der Waals surface area (Å²) in [5.74, 6) is -0.293. The summed E-state index contributed by atoms with van der Waals surface area (Å²) in [5, 5.41) is 0. The number of nitrogens with two attached hydrogens (primary N) is 1. The first-order valence-electron chi connectivity index (χ1n) is 7.86. The number of amides is 1. The Hall–Kier alpha value is -1.56. The highest BCUT2D eigenvalue weighted by molar-refractivity contribution is 5.73. The number of ether oxygens (including phenoxy) is 2. The quantitative estimate of drug-likeness (QED) is 0.633. The summed E-state index contributed by atoms with van der Waals surface area (Å²) in [6, 6.07) is 0.0426. The van der Waals surface area contributed by atoms with Gasteiger partial charge in [-0.05, 0) is 32.6 Å². The SMILES string of the molecule is C=C1CC(C(=O)OC)CC(C(C)OC(=O)N2CCC(N)C2)C1. The third kappa shape index (κ3) is 4.00. The van der Waals surface area contributed by atoms with E-state index in [9.17, 15) is 9.59 Å². The van der Waals surface area contributed by atoms with Gasteiger partial charge in [-0.1, -0.05) is 12.2 Å². The Kier molecular flexibility index (Phi) is 5.45. The fraction of sp³-hybridized carbons (Fsp3) is 0.750. The first-order chi connectivity index (χ1) is 10.4. The Morgan fingerprint density at radius 1 is 1.41 bits per heavy atom. The van der Waals surface area contributed by atoms with E-state index < -0.39 is 0 Å². The maximum atomic E-state index is 12.1. The van der Waals surface area contributed by atoms with E-state index >= 15 is 0 Å². The topological polar surface area (TPSA) is 81.9 Å². The van der Waals surface area contributed by atoms with Gasteiger partial charge in [-0.3, -0.25) is 4.79 Å². The predicted octanol–water partition coefficient (Wildman–Crippen LogP) is 1.69. The number of carbonyl (C=O) groups is 2. The van der Waals surface area contributed by atoms with Gasteiger partial charge in [-0.15, -0.1) is 0 Å². The largest absolute Gasteiger partial charge is 0.469 e. The van der Waals surface area contributed by atoms with E-state index in [1.54, 1.807) is 4.90 Å². The van der Waals surface area contributed by atoms with Crippen LogP contribution >= 0.6 is 0 Å². The zero-order valence-electron chi connectivity index (χ0n) is 13.4. The van der Waals surface area contributed by atoms with Crippen LogP contribution in [0.15, 0.2) is 12.2 Å². The number of esters is 1. The molecule has 0 spiro atoms. The van der Waals surface area contributed by atoms with Crippen molar-refractivity contribution < 1.29 is 19.1 Å². The Bertz CT molecular complexity index is 451. The molecule has 4 unspecified atom stereocenters. The monoisotopic (exact) mass is 310 g/mol. The molecule has 0 aromatic rings. The van der Waals surface area contributed by atoms with E-state index in [4.69, 9.17) is 15.2 Å². The lowest BCUT2D eigenvalue weighted by Gasteiger charge is -2.33. The molecule has 1 heterocycles. The first-order valence-corrected chi connectivity index (χ1v) is 7.86. The van der Waals surface area contributed by atoms with E-state index in [0.29, 0.717) is 25.9 Å². The Labute approximate surface area is 131 Å². The van der Waals surface area contributed by atoms with Crippen LogP contribution in [-0.2, 0) is 14.3 Å². The molecule has 1 amide bonds. The highest BCUT2D eigenvalue weighted by Crippen LogP contribution is 2.35. The molecule has 4 atom stereocenters. The summed E-state index contributed by atoms with van der Waals surface area (Å²) < 4.78 is 10.4. The Morgan fingerprint density at radius 3 is 2.73 bits per heavy atom. The second-order valence-corrected chi connectivity index (χ2v) is 6.46. The molecule has 2 rings (SSSR count). The second-order valence-electron chi connectivity index (χ2n) is 6.46. The molecule has 0 aromatic carbocycles. The molecule has 124 valence electrons. The van der Waals surface area contributed by atoms with E-state index in [2.05, 4.69) is 6.58 Å². The minimum atomic E-state index is -0.314. The van der Waals surface area contributed by atoms with Crippen molar-refractivity contribution >= 4 is 12.1 Å². The molecule has 1 saturated carbocycles. The van der Waals surface area contributed by atoms with Gasteiger partial charge in [0.05, 0.1) is 13.0 Å². The van der Waals surface area contributed by atoms with Crippen LogP contribution in [0, 0.1) is 11.8 Å². The van der Waals surface area contributed by atoms with Crippen molar-refractivity contribution in [3.8, 4) is 0 Å². The van der Waals surface area contributed by atoms with Gasteiger partial charge in [0.2, 0.25) is 0 Å². The molecular formula is C16H26N2O4. The Morgan fingerprint density at radius 2 is 2.14 bits per heavy atom. The van der Waals surface area contributed by atoms with Crippen LogP contribution in [0.4, 0.5) is 4.79 Å². The van der Waals surface area contributed by atoms with Crippen LogP contribution in [0.2, 0.25) is 0 Å². The van der Waals surface area contributed by atoms with Crippen LogP contribution in [-0.4, -0.2) is 49.3 Å². The average molecular weight is 310 g/mol. The van der Waals surface area contributed by atoms with Crippen molar-refractivity contribution in [2.24, 2.45) is 17.6 Å². The van der Waals surface area contributed by atoms with Crippen LogP contribution in [0.5, 0.6) is 0 Å². The van der Waals surface area contributed by atoms with Crippen LogP contribution < -0.4 is 5.73 Å². The maximum absolute atomic E-state index is 12.1. The molecule has 0 aromatic heterocycles. The minimum Gasteiger partial charge on any atom is -0.469 e. The van der Waals surface area contributed by atoms with Gasteiger partial charge in [0.1, 0.15) is 6.10 Å². The molecule has 2 N–H and O–H groups in total. The molecule has 22 heavy (non-hydrogen) atoms. The third-order valence-corrected chi connectivity index (χ3v) is 4.64. The average Bonchev–Trinajstić information content (AvgIpc) is 2.92. The molecule has 1 aliphatic carbocycles. The molecule has 1 aliphatic heterocycles. The molecule has 6 nitrogen and oxygen atoms in total. The van der Waals surface area contributed by atoms with E-state index in [1.807, 2.05) is 6.92 Å². The van der Waals surface area contributed by atoms with Crippen LogP contribution in [0.25, 0.3) is 0 Å². The second kappa shape index (κ2) is 7.13. The van der Waals surface area contributed by atoms with Gasteiger partial charge in [0.25, 0.3) is 0 Å². The van der Waals surface area contributed by atoms with Crippen molar-refractivity contribution in [1.82, 2.24) is 4.90 Å². The van der Waals surface area contributed by atoms with Crippen LogP contribution in [0.3, 0.4) is 0 Å². The summed E-state index contributed by atoms with van der Waals surface area (Å²) in [6.45, 7) is 7.08. The predicted molar refractivity (Wildman–Crippen MR) is 82.1 cm³/mol.